The highest BCUT2D eigenvalue weighted by molar-refractivity contribution is 6.09. The van der Waals surface area contributed by atoms with Gasteiger partial charge in [0, 0.05) is 12.4 Å². The molecule has 0 aliphatic carbocycles. The molecule has 0 saturated heterocycles. The van der Waals surface area contributed by atoms with Gasteiger partial charge in [0.25, 0.3) is 11.8 Å². The van der Waals surface area contributed by atoms with E-state index in [1.54, 1.807) is 42.6 Å². The third-order valence-corrected chi connectivity index (χ3v) is 4.12. The molecule has 0 saturated carbocycles. The minimum atomic E-state index is -0.669. The Morgan fingerprint density at radius 2 is 1.68 bits per heavy atom. The van der Waals surface area contributed by atoms with Gasteiger partial charge in [-0.3, -0.25) is 14.6 Å². The average Bonchev–Trinajstić information content (AvgIpc) is 2.75. The smallest absolute Gasteiger partial charge is 0.257 e. The molecule has 2 aromatic carbocycles. The van der Waals surface area contributed by atoms with Crippen LogP contribution in [0.5, 0.6) is 0 Å². The second kappa shape index (κ2) is 9.23. The van der Waals surface area contributed by atoms with E-state index in [1.165, 1.54) is 6.20 Å². The van der Waals surface area contributed by atoms with Gasteiger partial charge in [-0.1, -0.05) is 42.5 Å². The van der Waals surface area contributed by atoms with Crippen molar-refractivity contribution in [3.8, 4) is 0 Å². The Bertz CT molecular complexity index is 959. The topological polar surface area (TPSA) is 88.2 Å². The van der Waals surface area contributed by atoms with Gasteiger partial charge < -0.3 is 15.4 Å². The monoisotopic (exact) mass is 373 g/mol. The molecule has 2 amide bonds. The predicted molar refractivity (Wildman–Crippen MR) is 106 cm³/mol. The molecule has 0 unspecified atom stereocenters. The summed E-state index contributed by atoms with van der Waals surface area (Å²) in [4.78, 5) is 40.4. The highest BCUT2D eigenvalue weighted by atomic mass is 16.2. The van der Waals surface area contributed by atoms with Crippen LogP contribution in [-0.4, -0.2) is 29.1 Å². The van der Waals surface area contributed by atoms with Gasteiger partial charge in [-0.2, -0.15) is 0 Å². The Morgan fingerprint density at radius 1 is 0.929 bits per heavy atom. The zero-order valence-corrected chi connectivity index (χ0v) is 15.0. The SMILES string of the molecule is O=C[C@H](Cc1ccccc1)NC(=O)c1ccccc1NC(=O)c1cccnc1. The van der Waals surface area contributed by atoms with Gasteiger partial charge >= 0.3 is 0 Å². The number of nitrogens with zero attached hydrogens (tertiary/aromatic N) is 1. The molecule has 0 aliphatic heterocycles. The maximum atomic E-state index is 12.7. The lowest BCUT2D eigenvalue weighted by atomic mass is 10.1. The fraction of sp³-hybridized carbons (Fsp3) is 0.0909. The largest absolute Gasteiger partial charge is 0.342 e. The second-order valence-electron chi connectivity index (χ2n) is 6.15. The first kappa shape index (κ1) is 19.0. The Hall–Kier alpha value is -3.80. The van der Waals surface area contributed by atoms with Crippen molar-refractivity contribution in [2.45, 2.75) is 12.5 Å². The highest BCUT2D eigenvalue weighted by Crippen LogP contribution is 2.16. The van der Waals surface area contributed by atoms with Gasteiger partial charge in [0.05, 0.1) is 22.9 Å². The quantitative estimate of drug-likeness (QED) is 0.624. The minimum Gasteiger partial charge on any atom is -0.342 e. The summed E-state index contributed by atoms with van der Waals surface area (Å²) in [5, 5.41) is 5.43. The molecular weight excluding hydrogens is 354 g/mol. The fourth-order valence-corrected chi connectivity index (χ4v) is 2.73. The fourth-order valence-electron chi connectivity index (χ4n) is 2.73. The molecule has 6 nitrogen and oxygen atoms in total. The van der Waals surface area contributed by atoms with Crippen LogP contribution >= 0.6 is 0 Å². The highest BCUT2D eigenvalue weighted by Gasteiger charge is 2.18. The third-order valence-electron chi connectivity index (χ3n) is 4.12. The van der Waals surface area contributed by atoms with E-state index in [2.05, 4.69) is 15.6 Å². The van der Waals surface area contributed by atoms with E-state index < -0.39 is 11.9 Å². The number of rotatable bonds is 7. The van der Waals surface area contributed by atoms with E-state index in [4.69, 9.17) is 0 Å². The van der Waals surface area contributed by atoms with Crippen LogP contribution in [0.25, 0.3) is 0 Å². The van der Waals surface area contributed by atoms with Crippen molar-refractivity contribution in [2.75, 3.05) is 5.32 Å². The Labute approximate surface area is 162 Å². The number of para-hydroxylation sites is 1. The van der Waals surface area contributed by atoms with Crippen LogP contribution < -0.4 is 10.6 Å². The number of aldehydes is 1. The molecule has 1 aromatic heterocycles. The van der Waals surface area contributed by atoms with Crippen LogP contribution in [-0.2, 0) is 11.2 Å². The normalized spacial score (nSPS) is 11.3. The van der Waals surface area contributed by atoms with Crippen LogP contribution in [0.1, 0.15) is 26.3 Å². The predicted octanol–water partition coefficient (Wildman–Crippen LogP) is 2.87. The van der Waals surface area contributed by atoms with Gasteiger partial charge in [-0.15, -0.1) is 0 Å². The second-order valence-corrected chi connectivity index (χ2v) is 6.15. The molecule has 0 fully saturated rings. The number of amides is 2. The van der Waals surface area contributed by atoms with Crippen molar-refractivity contribution in [3.63, 3.8) is 0 Å². The maximum absolute atomic E-state index is 12.7. The van der Waals surface area contributed by atoms with Gasteiger partial charge in [-0.05, 0) is 36.2 Å². The third kappa shape index (κ3) is 4.88. The lowest BCUT2D eigenvalue weighted by molar-refractivity contribution is -0.109. The van der Waals surface area contributed by atoms with Crippen molar-refractivity contribution in [1.29, 1.82) is 0 Å². The number of hydrogen-bond donors (Lipinski definition) is 2. The molecule has 3 aromatic rings. The molecule has 1 atom stereocenters. The zero-order chi connectivity index (χ0) is 19.8. The van der Waals surface area contributed by atoms with E-state index in [9.17, 15) is 14.4 Å². The summed E-state index contributed by atoms with van der Waals surface area (Å²) in [6.45, 7) is 0. The number of benzene rings is 2. The van der Waals surface area contributed by atoms with Crippen molar-refractivity contribution >= 4 is 23.8 Å². The lowest BCUT2D eigenvalue weighted by Crippen LogP contribution is -2.38. The van der Waals surface area contributed by atoms with Crippen LogP contribution in [0.15, 0.2) is 79.1 Å². The van der Waals surface area contributed by atoms with E-state index in [1.807, 2.05) is 30.3 Å². The summed E-state index contributed by atoms with van der Waals surface area (Å²) in [5.41, 5.74) is 1.96. The summed E-state index contributed by atoms with van der Waals surface area (Å²) in [6.07, 6.45) is 4.12. The minimum absolute atomic E-state index is 0.277. The van der Waals surface area contributed by atoms with Gasteiger partial charge in [0.15, 0.2) is 0 Å². The molecule has 3 rings (SSSR count). The standard InChI is InChI=1S/C22H19N3O3/c26-15-18(13-16-7-2-1-3-8-16)24-22(28)19-10-4-5-11-20(19)25-21(27)17-9-6-12-23-14-17/h1-12,14-15,18H,13H2,(H,24,28)(H,25,27)/t18-/m0/s1. The first-order chi connectivity index (χ1) is 13.7. The number of carbonyl (C=O) groups excluding carboxylic acids is 3. The maximum Gasteiger partial charge on any atom is 0.257 e. The van der Waals surface area contributed by atoms with Crippen LogP contribution in [0, 0.1) is 0 Å². The number of aromatic nitrogens is 1. The number of nitrogens with one attached hydrogen (secondary N) is 2. The van der Waals surface area contributed by atoms with E-state index in [-0.39, 0.29) is 11.5 Å². The number of pyridine rings is 1. The summed E-state index contributed by atoms with van der Waals surface area (Å²) in [6, 6.07) is 18.7. The zero-order valence-electron chi connectivity index (χ0n) is 15.0. The molecule has 2 N–H and O–H groups in total. The van der Waals surface area contributed by atoms with E-state index in [0.717, 1.165) is 5.56 Å². The molecule has 1 heterocycles. The Kier molecular flexibility index (Phi) is 6.25. The van der Waals surface area contributed by atoms with Gasteiger partial charge in [-0.25, -0.2) is 0 Å². The Morgan fingerprint density at radius 3 is 2.39 bits per heavy atom. The summed E-state index contributed by atoms with van der Waals surface area (Å²) in [7, 11) is 0. The van der Waals surface area contributed by atoms with Crippen molar-refractivity contribution in [1.82, 2.24) is 10.3 Å². The van der Waals surface area contributed by atoms with Crippen LogP contribution in [0.2, 0.25) is 0 Å². The Balaban J connectivity index is 1.73. The first-order valence-electron chi connectivity index (χ1n) is 8.78. The summed E-state index contributed by atoms with van der Waals surface area (Å²) >= 11 is 0. The van der Waals surface area contributed by atoms with Crippen molar-refractivity contribution < 1.29 is 14.4 Å². The lowest BCUT2D eigenvalue weighted by Gasteiger charge is -2.15. The van der Waals surface area contributed by atoms with Crippen molar-refractivity contribution in [2.24, 2.45) is 0 Å². The van der Waals surface area contributed by atoms with Gasteiger partial charge in [0.2, 0.25) is 0 Å². The summed E-state index contributed by atoms with van der Waals surface area (Å²) < 4.78 is 0. The molecule has 6 heteroatoms. The first-order valence-corrected chi connectivity index (χ1v) is 8.78. The van der Waals surface area contributed by atoms with Gasteiger partial charge in [0.1, 0.15) is 6.29 Å². The average molecular weight is 373 g/mol. The molecule has 28 heavy (non-hydrogen) atoms. The van der Waals surface area contributed by atoms with E-state index in [0.29, 0.717) is 24.0 Å². The van der Waals surface area contributed by atoms with Crippen LogP contribution in [0.4, 0.5) is 5.69 Å². The molecule has 0 radical (unpaired) electrons. The number of carbonyl (C=O) groups is 3. The number of hydrogen-bond acceptors (Lipinski definition) is 4. The molecule has 0 aliphatic rings. The molecule has 0 spiro atoms. The van der Waals surface area contributed by atoms with E-state index >= 15 is 0 Å². The molecular formula is C22H19N3O3. The van der Waals surface area contributed by atoms with Crippen LogP contribution in [0.3, 0.4) is 0 Å². The number of anilines is 1. The molecule has 0 bridgehead atoms. The summed E-state index contributed by atoms with van der Waals surface area (Å²) in [5.74, 6) is -0.806. The molecule has 140 valence electrons. The van der Waals surface area contributed by atoms with Crippen molar-refractivity contribution in [3.05, 3.63) is 95.8 Å².